The van der Waals surface area contributed by atoms with Gasteiger partial charge in [-0.1, -0.05) is 0 Å². The summed E-state index contributed by atoms with van der Waals surface area (Å²) in [5.41, 5.74) is 5.34. The molecule has 2 rings (SSSR count). The Morgan fingerprint density at radius 2 is 2.10 bits per heavy atom. The van der Waals surface area contributed by atoms with Crippen molar-refractivity contribution in [1.29, 1.82) is 0 Å². The summed E-state index contributed by atoms with van der Waals surface area (Å²) < 4.78 is 5.17. The number of carbonyl (C=O) groups is 2. The van der Waals surface area contributed by atoms with Crippen LogP contribution in [0.4, 0.5) is 5.69 Å². The Bertz CT molecular complexity index is 507. The maximum absolute atomic E-state index is 12.3. The minimum Gasteiger partial charge on any atom is -0.484 e. The molecule has 1 heterocycles. The van der Waals surface area contributed by atoms with E-state index in [0.717, 1.165) is 19.4 Å². The highest BCUT2D eigenvalue weighted by Crippen LogP contribution is 2.27. The van der Waals surface area contributed by atoms with E-state index in [1.54, 1.807) is 24.3 Å². The molecule has 0 aromatic heterocycles. The van der Waals surface area contributed by atoms with Crippen molar-refractivity contribution in [3.8, 4) is 5.75 Å². The zero-order valence-corrected chi connectivity index (χ0v) is 12.1. The molecule has 1 aliphatic rings. The molecule has 2 amide bonds. The third-order valence-electron chi connectivity index (χ3n) is 3.64. The van der Waals surface area contributed by atoms with Crippen molar-refractivity contribution in [3.05, 3.63) is 24.3 Å². The average molecular weight is 291 g/mol. The van der Waals surface area contributed by atoms with Gasteiger partial charge in [0.15, 0.2) is 6.61 Å². The maximum atomic E-state index is 12.3. The van der Waals surface area contributed by atoms with Crippen molar-refractivity contribution in [1.82, 2.24) is 5.32 Å². The molecule has 1 atom stereocenters. The van der Waals surface area contributed by atoms with Crippen LogP contribution >= 0.6 is 0 Å². The van der Waals surface area contributed by atoms with Crippen LogP contribution < -0.4 is 21.1 Å². The lowest BCUT2D eigenvalue weighted by atomic mass is 9.82. The number of ether oxygens (including phenoxy) is 1. The van der Waals surface area contributed by atoms with Crippen LogP contribution in [0.25, 0.3) is 0 Å². The molecule has 1 aromatic rings. The second-order valence-electron chi connectivity index (χ2n) is 5.57. The first-order valence-corrected chi connectivity index (χ1v) is 7.03. The summed E-state index contributed by atoms with van der Waals surface area (Å²) in [4.78, 5) is 23.0. The van der Waals surface area contributed by atoms with Crippen LogP contribution in [0.2, 0.25) is 0 Å². The Balaban J connectivity index is 1.93. The number of anilines is 1. The van der Waals surface area contributed by atoms with Crippen LogP contribution in [0.1, 0.15) is 19.8 Å². The standard InChI is InChI=1S/C15H21N3O3/c1-15(7-2-8-17-10-15)14(20)18-11-3-5-12(6-4-11)21-9-13(16)19/h3-6,17H,2,7-10H2,1H3,(H2,16,19)(H,18,20). The van der Waals surface area contributed by atoms with Crippen molar-refractivity contribution in [2.75, 3.05) is 25.0 Å². The van der Waals surface area contributed by atoms with E-state index < -0.39 is 5.91 Å². The largest absolute Gasteiger partial charge is 0.484 e. The predicted molar refractivity (Wildman–Crippen MR) is 80.0 cm³/mol. The zero-order chi connectivity index (χ0) is 15.3. The van der Waals surface area contributed by atoms with E-state index in [-0.39, 0.29) is 17.9 Å². The summed E-state index contributed by atoms with van der Waals surface area (Å²) in [6.45, 7) is 3.47. The molecular formula is C15H21N3O3. The second-order valence-corrected chi connectivity index (χ2v) is 5.57. The molecule has 1 aliphatic heterocycles. The molecule has 1 unspecified atom stereocenters. The summed E-state index contributed by atoms with van der Waals surface area (Å²) in [5, 5.41) is 6.17. The number of nitrogens with one attached hydrogen (secondary N) is 2. The van der Waals surface area contributed by atoms with E-state index in [9.17, 15) is 9.59 Å². The fourth-order valence-corrected chi connectivity index (χ4v) is 2.32. The van der Waals surface area contributed by atoms with E-state index >= 15 is 0 Å². The molecule has 1 saturated heterocycles. The van der Waals surface area contributed by atoms with E-state index in [2.05, 4.69) is 10.6 Å². The van der Waals surface area contributed by atoms with Crippen molar-refractivity contribution >= 4 is 17.5 Å². The number of benzene rings is 1. The van der Waals surface area contributed by atoms with Gasteiger partial charge in [-0.2, -0.15) is 0 Å². The fourth-order valence-electron chi connectivity index (χ4n) is 2.32. The van der Waals surface area contributed by atoms with Gasteiger partial charge in [0.1, 0.15) is 5.75 Å². The number of nitrogens with two attached hydrogens (primary N) is 1. The van der Waals surface area contributed by atoms with Gasteiger partial charge in [0.05, 0.1) is 5.41 Å². The van der Waals surface area contributed by atoms with E-state index in [1.165, 1.54) is 0 Å². The first-order chi connectivity index (χ1) is 9.99. The molecule has 0 aliphatic carbocycles. The molecule has 21 heavy (non-hydrogen) atoms. The molecule has 4 N–H and O–H groups in total. The fraction of sp³-hybridized carbons (Fsp3) is 0.467. The van der Waals surface area contributed by atoms with Crippen molar-refractivity contribution in [2.45, 2.75) is 19.8 Å². The van der Waals surface area contributed by atoms with Crippen LogP contribution in [-0.2, 0) is 9.59 Å². The monoisotopic (exact) mass is 291 g/mol. The zero-order valence-electron chi connectivity index (χ0n) is 12.1. The van der Waals surface area contributed by atoms with Gasteiger partial charge >= 0.3 is 0 Å². The van der Waals surface area contributed by atoms with Gasteiger partial charge in [-0.25, -0.2) is 0 Å². The highest BCUT2D eigenvalue weighted by atomic mass is 16.5. The summed E-state index contributed by atoms with van der Waals surface area (Å²) in [5.74, 6) is 0.0305. The van der Waals surface area contributed by atoms with Crippen LogP contribution in [0.5, 0.6) is 5.75 Å². The first-order valence-electron chi connectivity index (χ1n) is 7.03. The number of hydrogen-bond donors (Lipinski definition) is 3. The summed E-state index contributed by atoms with van der Waals surface area (Å²) in [7, 11) is 0. The minimum atomic E-state index is -0.523. The molecule has 0 radical (unpaired) electrons. The number of amides is 2. The SMILES string of the molecule is CC1(C(=O)Nc2ccc(OCC(N)=O)cc2)CCCNC1. The Kier molecular flexibility index (Phi) is 4.80. The Labute approximate surface area is 124 Å². The van der Waals surface area contributed by atoms with Crippen LogP contribution in [-0.4, -0.2) is 31.5 Å². The average Bonchev–Trinajstić information content (AvgIpc) is 2.47. The van der Waals surface area contributed by atoms with E-state index in [1.807, 2.05) is 6.92 Å². The summed E-state index contributed by atoms with van der Waals surface area (Å²) in [6.07, 6.45) is 1.88. The highest BCUT2D eigenvalue weighted by Gasteiger charge is 2.34. The van der Waals surface area contributed by atoms with E-state index in [0.29, 0.717) is 18.0 Å². The molecule has 0 bridgehead atoms. The quantitative estimate of drug-likeness (QED) is 0.750. The van der Waals surface area contributed by atoms with Gasteiger partial charge in [0.2, 0.25) is 5.91 Å². The second kappa shape index (κ2) is 6.58. The lowest BCUT2D eigenvalue weighted by molar-refractivity contribution is -0.125. The first kappa shape index (κ1) is 15.3. The summed E-state index contributed by atoms with van der Waals surface area (Å²) >= 11 is 0. The molecule has 114 valence electrons. The highest BCUT2D eigenvalue weighted by molar-refractivity contribution is 5.95. The van der Waals surface area contributed by atoms with Crippen LogP contribution in [0, 0.1) is 5.41 Å². The van der Waals surface area contributed by atoms with E-state index in [4.69, 9.17) is 10.5 Å². The van der Waals surface area contributed by atoms with Gasteiger partial charge in [-0.15, -0.1) is 0 Å². The van der Waals surface area contributed by atoms with Gasteiger partial charge in [-0.05, 0) is 50.6 Å². The number of hydrogen-bond acceptors (Lipinski definition) is 4. The molecule has 1 fully saturated rings. The summed E-state index contributed by atoms with van der Waals surface area (Å²) in [6, 6.07) is 6.88. The Morgan fingerprint density at radius 1 is 1.38 bits per heavy atom. The van der Waals surface area contributed by atoms with Gasteiger partial charge in [-0.3, -0.25) is 9.59 Å². The van der Waals surface area contributed by atoms with Crippen LogP contribution in [0.15, 0.2) is 24.3 Å². The Hall–Kier alpha value is -2.08. The normalized spacial score (nSPS) is 21.6. The van der Waals surface area contributed by atoms with Crippen molar-refractivity contribution in [3.63, 3.8) is 0 Å². The molecule has 0 saturated carbocycles. The molecular weight excluding hydrogens is 270 g/mol. The number of carbonyl (C=O) groups excluding carboxylic acids is 2. The smallest absolute Gasteiger partial charge is 0.255 e. The minimum absolute atomic E-state index is 0.0144. The van der Waals surface area contributed by atoms with Crippen LogP contribution in [0.3, 0.4) is 0 Å². The topological polar surface area (TPSA) is 93.4 Å². The van der Waals surface area contributed by atoms with Gasteiger partial charge < -0.3 is 21.1 Å². The lowest BCUT2D eigenvalue weighted by Crippen LogP contribution is -2.46. The third kappa shape index (κ3) is 4.19. The molecule has 6 nitrogen and oxygen atoms in total. The number of rotatable bonds is 5. The predicted octanol–water partition coefficient (Wildman–Crippen LogP) is 0.879. The Morgan fingerprint density at radius 3 is 2.67 bits per heavy atom. The van der Waals surface area contributed by atoms with Crippen molar-refractivity contribution in [2.24, 2.45) is 11.1 Å². The molecule has 6 heteroatoms. The third-order valence-corrected chi connectivity index (χ3v) is 3.64. The number of piperidine rings is 1. The maximum Gasteiger partial charge on any atom is 0.255 e. The lowest BCUT2D eigenvalue weighted by Gasteiger charge is -2.32. The van der Waals surface area contributed by atoms with Crippen molar-refractivity contribution < 1.29 is 14.3 Å². The number of primary amides is 1. The molecule has 1 aromatic carbocycles. The van der Waals surface area contributed by atoms with Gasteiger partial charge in [0, 0.05) is 12.2 Å². The molecule has 0 spiro atoms. The van der Waals surface area contributed by atoms with Gasteiger partial charge in [0.25, 0.3) is 5.91 Å².